The fraction of sp³-hybridized carbons (Fsp3) is 0.688. The molecule has 5 unspecified atom stereocenters. The topological polar surface area (TPSA) is 233 Å². The number of hydrogen-bond donors (Lipinski definition) is 6. The Morgan fingerprint density at radius 3 is 2.84 bits per heavy atom. The Balaban J connectivity index is 1.73. The van der Waals surface area contributed by atoms with Crippen molar-refractivity contribution in [2.45, 2.75) is 49.5 Å². The molecule has 2 aromatic heterocycles. The first-order valence-electron chi connectivity index (χ1n) is 9.67. The molecule has 32 heavy (non-hydrogen) atoms. The first-order valence-corrected chi connectivity index (χ1v) is 9.67. The number of nitrogens with zero attached hydrogens (tertiary/aromatic N) is 7. The van der Waals surface area contributed by atoms with E-state index in [-0.39, 0.29) is 30.3 Å². The third-order valence-electron chi connectivity index (χ3n) is 5.64. The highest BCUT2D eigenvalue weighted by Crippen LogP contribution is 2.35. The molecule has 2 aromatic rings. The Kier molecular flexibility index (Phi) is 5.78. The van der Waals surface area contributed by atoms with E-state index in [2.05, 4.69) is 25.3 Å². The van der Waals surface area contributed by atoms with Crippen LogP contribution in [0.2, 0.25) is 0 Å². The second-order valence-electron chi connectivity index (χ2n) is 7.43. The molecule has 0 aliphatic carbocycles. The van der Waals surface area contributed by atoms with Gasteiger partial charge in [0.2, 0.25) is 11.7 Å². The molecular weight excluding hydrogens is 432 g/mol. The number of aliphatic hydroxyl groups excluding tert-OH is 4. The average molecular weight is 454 g/mol. The van der Waals surface area contributed by atoms with Gasteiger partial charge in [-0.3, -0.25) is 9.36 Å². The van der Waals surface area contributed by atoms with Crippen LogP contribution in [0.1, 0.15) is 13.2 Å². The zero-order valence-corrected chi connectivity index (χ0v) is 16.8. The first-order chi connectivity index (χ1) is 15.2. The number of rotatable bonds is 7. The minimum atomic E-state index is -2.25. The van der Waals surface area contributed by atoms with E-state index in [4.69, 9.17) is 15.0 Å². The summed E-state index contributed by atoms with van der Waals surface area (Å²) >= 11 is 0. The first kappa shape index (κ1) is 22.4. The van der Waals surface area contributed by atoms with Gasteiger partial charge in [0.25, 0.3) is 5.56 Å². The number of imidazole rings is 1. The molecule has 0 aromatic carbocycles. The Morgan fingerprint density at radius 1 is 1.44 bits per heavy atom. The number of hydrogen-bond acceptors (Lipinski definition) is 12. The number of fused-ring (bicyclic) bond motifs is 2. The van der Waals surface area contributed by atoms with Gasteiger partial charge in [0.15, 0.2) is 23.6 Å². The van der Waals surface area contributed by atoms with Gasteiger partial charge in [-0.05, 0) is 12.5 Å². The second kappa shape index (κ2) is 8.27. The van der Waals surface area contributed by atoms with E-state index >= 15 is 0 Å². The smallest absolute Gasteiger partial charge is 0.285 e. The molecule has 174 valence electrons. The lowest BCUT2D eigenvalue weighted by Gasteiger charge is -2.33. The van der Waals surface area contributed by atoms with Gasteiger partial charge in [0, 0.05) is 11.5 Å². The highest BCUT2D eigenvalue weighted by molar-refractivity contribution is 5.72. The number of aliphatic hydroxyl groups is 5. The molecule has 1 saturated heterocycles. The fourth-order valence-corrected chi connectivity index (χ4v) is 3.89. The Bertz CT molecular complexity index is 1120. The van der Waals surface area contributed by atoms with E-state index in [1.165, 1.54) is 17.8 Å². The quantitative estimate of drug-likeness (QED) is 0.109. The van der Waals surface area contributed by atoms with E-state index in [1.807, 2.05) is 0 Å². The summed E-state index contributed by atoms with van der Waals surface area (Å²) in [4.78, 5) is 24.0. The van der Waals surface area contributed by atoms with Crippen LogP contribution in [0.15, 0.2) is 16.2 Å². The molecule has 2 aliphatic rings. The fourth-order valence-electron chi connectivity index (χ4n) is 3.89. The van der Waals surface area contributed by atoms with Crippen molar-refractivity contribution in [3.05, 3.63) is 27.1 Å². The SMILES string of the molecule is CC(OCCN=[N+]=[N-])C1(O)C(O)Nc2nc3c(ncn3[C@@H]3O[C@H](CO)C(O)C3O)c(=O)n21. The second-order valence-corrected chi connectivity index (χ2v) is 7.43. The number of azide groups is 1. The maximum Gasteiger partial charge on any atom is 0.285 e. The molecule has 0 radical (unpaired) electrons. The average Bonchev–Trinajstić information content (AvgIpc) is 3.39. The summed E-state index contributed by atoms with van der Waals surface area (Å²) in [7, 11) is 0. The largest absolute Gasteiger partial charge is 0.394 e. The van der Waals surface area contributed by atoms with Crippen LogP contribution in [0.4, 0.5) is 5.95 Å². The molecule has 1 fully saturated rings. The molecule has 16 heteroatoms. The van der Waals surface area contributed by atoms with Gasteiger partial charge in [0.05, 0.1) is 19.5 Å². The molecule has 0 amide bonds. The Labute approximate surface area is 178 Å². The van der Waals surface area contributed by atoms with Crippen LogP contribution in [-0.2, 0) is 15.2 Å². The summed E-state index contributed by atoms with van der Waals surface area (Å²) in [6.07, 6.45) is -6.66. The van der Waals surface area contributed by atoms with Crippen LogP contribution in [0.3, 0.4) is 0 Å². The monoisotopic (exact) mass is 454 g/mol. The van der Waals surface area contributed by atoms with E-state index in [0.29, 0.717) is 0 Å². The molecule has 16 nitrogen and oxygen atoms in total. The lowest BCUT2D eigenvalue weighted by Crippen LogP contribution is -2.55. The molecule has 0 bridgehead atoms. The number of anilines is 1. The van der Waals surface area contributed by atoms with Gasteiger partial charge >= 0.3 is 0 Å². The third kappa shape index (κ3) is 3.21. The number of ether oxygens (including phenoxy) is 2. The van der Waals surface area contributed by atoms with Crippen molar-refractivity contribution in [1.82, 2.24) is 19.1 Å². The van der Waals surface area contributed by atoms with E-state index in [0.717, 1.165) is 4.57 Å². The van der Waals surface area contributed by atoms with Gasteiger partial charge < -0.3 is 40.3 Å². The predicted octanol–water partition coefficient (Wildman–Crippen LogP) is -2.69. The summed E-state index contributed by atoms with van der Waals surface area (Å²) in [6, 6.07) is 0. The zero-order chi connectivity index (χ0) is 23.2. The van der Waals surface area contributed by atoms with Crippen molar-refractivity contribution >= 4 is 17.1 Å². The van der Waals surface area contributed by atoms with E-state index < -0.39 is 54.8 Å². The van der Waals surface area contributed by atoms with Gasteiger partial charge in [0.1, 0.15) is 24.4 Å². The molecule has 2 aliphatic heterocycles. The maximum absolute atomic E-state index is 13.2. The minimum absolute atomic E-state index is 0.0196. The molecule has 4 heterocycles. The molecular formula is C16H22N8O8. The Morgan fingerprint density at radius 2 is 2.19 bits per heavy atom. The molecule has 7 atom stereocenters. The zero-order valence-electron chi connectivity index (χ0n) is 16.8. The van der Waals surface area contributed by atoms with Crippen molar-refractivity contribution in [2.75, 3.05) is 25.1 Å². The summed E-state index contributed by atoms with van der Waals surface area (Å²) in [6.45, 7) is 0.795. The van der Waals surface area contributed by atoms with Crippen LogP contribution < -0.4 is 10.9 Å². The minimum Gasteiger partial charge on any atom is -0.394 e. The highest BCUT2D eigenvalue weighted by atomic mass is 16.6. The number of aromatic nitrogens is 4. The lowest BCUT2D eigenvalue weighted by molar-refractivity contribution is -0.192. The highest BCUT2D eigenvalue weighted by Gasteiger charge is 2.52. The van der Waals surface area contributed by atoms with Gasteiger partial charge in [-0.2, -0.15) is 4.98 Å². The summed E-state index contributed by atoms with van der Waals surface area (Å²) in [5.74, 6) is -0.198. The maximum atomic E-state index is 13.2. The van der Waals surface area contributed by atoms with Crippen molar-refractivity contribution in [3.63, 3.8) is 0 Å². The van der Waals surface area contributed by atoms with Crippen molar-refractivity contribution in [3.8, 4) is 0 Å². The number of nitrogens with one attached hydrogen (secondary N) is 1. The predicted molar refractivity (Wildman–Crippen MR) is 104 cm³/mol. The van der Waals surface area contributed by atoms with Crippen molar-refractivity contribution in [1.29, 1.82) is 0 Å². The molecule has 0 saturated carbocycles. The molecule has 0 spiro atoms. The van der Waals surface area contributed by atoms with Crippen LogP contribution >= 0.6 is 0 Å². The van der Waals surface area contributed by atoms with Gasteiger partial charge in [-0.15, -0.1) is 0 Å². The van der Waals surface area contributed by atoms with Crippen LogP contribution in [0, 0.1) is 0 Å². The van der Waals surface area contributed by atoms with E-state index in [9.17, 15) is 30.3 Å². The normalized spacial score (nSPS) is 32.5. The summed E-state index contributed by atoms with van der Waals surface area (Å²) in [5, 5.41) is 57.0. The summed E-state index contributed by atoms with van der Waals surface area (Å²) in [5.41, 5.74) is 5.01. The van der Waals surface area contributed by atoms with Crippen LogP contribution in [0.5, 0.6) is 0 Å². The van der Waals surface area contributed by atoms with Crippen LogP contribution in [0.25, 0.3) is 21.6 Å². The molecule has 6 N–H and O–H groups in total. The van der Waals surface area contributed by atoms with Crippen LogP contribution in [-0.4, -0.2) is 95.0 Å². The van der Waals surface area contributed by atoms with E-state index in [1.54, 1.807) is 0 Å². The Hall–Kier alpha value is -2.82. The summed E-state index contributed by atoms with van der Waals surface area (Å²) < 4.78 is 12.9. The van der Waals surface area contributed by atoms with Gasteiger partial charge in [-0.1, -0.05) is 5.11 Å². The standard InChI is InChI=1S/C16H22N8O8/c1-6(31-3-2-19-22-17)16(30)14(29)21-15-20-11-8(12(28)24(15)16)18-5-23(11)13-10(27)9(26)7(4-25)32-13/h5-7,9-10,13-14,25-27,29-30H,2-4H2,1H3,(H,20,21)/t6?,7-,9?,10?,13-,14?,16?/m1/s1. The third-order valence-corrected chi connectivity index (χ3v) is 5.64. The lowest BCUT2D eigenvalue weighted by atomic mass is 10.1. The van der Waals surface area contributed by atoms with Crippen molar-refractivity contribution in [2.24, 2.45) is 5.11 Å². The van der Waals surface area contributed by atoms with Gasteiger partial charge in [-0.25, -0.2) is 9.55 Å². The van der Waals surface area contributed by atoms with Crippen molar-refractivity contribution < 1.29 is 35.0 Å². The molecule has 4 rings (SSSR count).